The largest absolute Gasteiger partial charge is 0.495 e. The van der Waals surface area contributed by atoms with Crippen molar-refractivity contribution < 1.29 is 18.7 Å². The van der Waals surface area contributed by atoms with Crippen molar-refractivity contribution >= 4 is 54.3 Å². The minimum Gasteiger partial charge on any atom is -0.495 e. The van der Waals surface area contributed by atoms with Crippen molar-refractivity contribution in [3.63, 3.8) is 0 Å². The molecule has 2 aromatic heterocycles. The Morgan fingerprint density at radius 3 is 2.42 bits per heavy atom. The third-order valence-corrected chi connectivity index (χ3v) is 7.87. The van der Waals surface area contributed by atoms with Crippen LogP contribution < -0.4 is 20.0 Å². The van der Waals surface area contributed by atoms with Gasteiger partial charge in [0.05, 0.1) is 14.2 Å². The van der Waals surface area contributed by atoms with Crippen LogP contribution in [0, 0.1) is 0 Å². The quantitative estimate of drug-likeness (QED) is 0.182. The van der Waals surface area contributed by atoms with Crippen LogP contribution >= 0.6 is 11.3 Å². The number of likely N-dealkylation sites (N-methyl/N-ethyl adjacent to an activating group) is 1. The van der Waals surface area contributed by atoms with Crippen LogP contribution in [0.25, 0.3) is 32.0 Å². The number of nitrogens with zero attached hydrogens (tertiary/aromatic N) is 3. The van der Waals surface area contributed by atoms with Gasteiger partial charge in [-0.1, -0.05) is 55.5 Å². The highest BCUT2D eigenvalue weighted by Gasteiger charge is 2.27. The number of carbonyl (C=O) groups is 1. The molecule has 0 bridgehead atoms. The fourth-order valence-corrected chi connectivity index (χ4v) is 5.72. The van der Waals surface area contributed by atoms with E-state index in [0.29, 0.717) is 46.2 Å². The van der Waals surface area contributed by atoms with Gasteiger partial charge in [0.2, 0.25) is 0 Å². The fourth-order valence-electron chi connectivity index (χ4n) is 4.62. The molecule has 5 rings (SSSR count). The molecule has 1 amide bonds. The van der Waals surface area contributed by atoms with Crippen LogP contribution in [0.15, 0.2) is 63.8 Å². The summed E-state index contributed by atoms with van der Waals surface area (Å²) in [5.41, 5.74) is 0.326. The Morgan fingerprint density at radius 1 is 0.947 bits per heavy atom. The number of hydrogen-bond acceptors (Lipinski definition) is 8. The van der Waals surface area contributed by atoms with Crippen LogP contribution in [0.1, 0.15) is 24.2 Å². The summed E-state index contributed by atoms with van der Waals surface area (Å²) in [7, 11) is 3.17. The van der Waals surface area contributed by atoms with Crippen molar-refractivity contribution in [3.05, 3.63) is 70.6 Å². The first kappa shape index (κ1) is 25.7. The lowest BCUT2D eigenvalue weighted by Crippen LogP contribution is -2.40. The van der Waals surface area contributed by atoms with Crippen molar-refractivity contribution in [3.8, 4) is 11.5 Å². The number of aromatic nitrogens is 1. The molecule has 0 saturated carbocycles. The normalized spacial score (nSPS) is 11.5. The first-order valence-electron chi connectivity index (χ1n) is 12.5. The van der Waals surface area contributed by atoms with E-state index in [0.717, 1.165) is 28.6 Å². The third kappa shape index (κ3) is 4.59. The summed E-state index contributed by atoms with van der Waals surface area (Å²) in [6, 6.07) is 16.7. The first-order chi connectivity index (χ1) is 18.5. The van der Waals surface area contributed by atoms with Crippen LogP contribution in [0.2, 0.25) is 0 Å². The highest BCUT2D eigenvalue weighted by Crippen LogP contribution is 2.40. The number of ether oxygens (including phenoxy) is 2. The number of rotatable bonds is 9. The molecular weight excluding hydrogens is 502 g/mol. The zero-order valence-corrected chi connectivity index (χ0v) is 22.6. The number of amides is 1. The molecule has 0 aliphatic carbocycles. The Bertz CT molecular complexity index is 1650. The SMILES string of the molecule is CCN(CC)CCN(C(=O)c1cc2c(ccc3ccccc32)oc1=O)c1nc2c(OC)ccc(OC)c2s1. The molecule has 8 nitrogen and oxygen atoms in total. The van der Waals surface area contributed by atoms with Gasteiger partial charge in [0.15, 0.2) is 5.13 Å². The molecular formula is C29H29N3O5S. The Labute approximate surface area is 224 Å². The lowest BCUT2D eigenvalue weighted by molar-refractivity contribution is 0.0980. The van der Waals surface area contributed by atoms with E-state index in [1.165, 1.54) is 11.3 Å². The maximum atomic E-state index is 14.1. The number of benzene rings is 3. The maximum Gasteiger partial charge on any atom is 0.349 e. The molecule has 0 radical (unpaired) electrons. The highest BCUT2D eigenvalue weighted by atomic mass is 32.1. The molecule has 0 atom stereocenters. The molecule has 0 aliphatic heterocycles. The molecule has 0 fully saturated rings. The second-order valence-electron chi connectivity index (χ2n) is 8.77. The number of anilines is 1. The first-order valence-corrected chi connectivity index (χ1v) is 13.3. The lowest BCUT2D eigenvalue weighted by atomic mass is 10.0. The third-order valence-electron chi connectivity index (χ3n) is 6.78. The second-order valence-corrected chi connectivity index (χ2v) is 9.75. The van der Waals surface area contributed by atoms with E-state index < -0.39 is 11.5 Å². The van der Waals surface area contributed by atoms with Gasteiger partial charge in [-0.05, 0) is 48.1 Å². The standard InChI is InChI=1S/C29H29N3O5S/c1-5-31(6-2)15-16-32(29-30-25-23(35-3)13-14-24(36-4)26(25)38-29)27(33)21-17-20-19-10-8-7-9-18(19)11-12-22(20)37-28(21)34/h7-14,17H,5-6,15-16H2,1-4H3. The Morgan fingerprint density at radius 2 is 1.68 bits per heavy atom. The van der Waals surface area contributed by atoms with Crippen molar-refractivity contribution in [1.82, 2.24) is 9.88 Å². The lowest BCUT2D eigenvalue weighted by Gasteiger charge is -2.24. The number of carbonyl (C=O) groups excluding carboxylic acids is 1. The molecule has 3 aromatic carbocycles. The summed E-state index contributed by atoms with van der Waals surface area (Å²) >= 11 is 1.33. The van der Waals surface area contributed by atoms with Crippen LogP contribution in [-0.4, -0.2) is 56.2 Å². The molecule has 0 unspecified atom stereocenters. The second kappa shape index (κ2) is 10.8. The summed E-state index contributed by atoms with van der Waals surface area (Å²) in [4.78, 5) is 35.7. The van der Waals surface area contributed by atoms with Crippen molar-refractivity contribution in [1.29, 1.82) is 0 Å². The van der Waals surface area contributed by atoms with Gasteiger partial charge in [-0.2, -0.15) is 0 Å². The average Bonchev–Trinajstić information content (AvgIpc) is 3.39. The average molecular weight is 532 g/mol. The number of fused-ring (bicyclic) bond motifs is 4. The number of hydrogen-bond donors (Lipinski definition) is 0. The van der Waals surface area contributed by atoms with Crippen LogP contribution in [0.5, 0.6) is 11.5 Å². The van der Waals surface area contributed by atoms with Gasteiger partial charge >= 0.3 is 5.63 Å². The van der Waals surface area contributed by atoms with Crippen molar-refractivity contribution in [2.45, 2.75) is 13.8 Å². The number of thiazole rings is 1. The van der Waals surface area contributed by atoms with Crippen LogP contribution in [0.3, 0.4) is 0 Å². The molecule has 0 spiro atoms. The topological polar surface area (TPSA) is 85.1 Å². The van der Waals surface area contributed by atoms with Gasteiger partial charge in [-0.25, -0.2) is 9.78 Å². The molecule has 0 saturated heterocycles. The molecule has 38 heavy (non-hydrogen) atoms. The van der Waals surface area contributed by atoms with Gasteiger partial charge in [-0.15, -0.1) is 0 Å². The molecule has 2 heterocycles. The highest BCUT2D eigenvalue weighted by molar-refractivity contribution is 7.22. The van der Waals surface area contributed by atoms with Gasteiger partial charge in [0, 0.05) is 18.5 Å². The van der Waals surface area contributed by atoms with Gasteiger partial charge < -0.3 is 18.8 Å². The summed E-state index contributed by atoms with van der Waals surface area (Å²) < 4.78 is 17.5. The zero-order valence-electron chi connectivity index (χ0n) is 21.8. The predicted molar refractivity (Wildman–Crippen MR) is 152 cm³/mol. The van der Waals surface area contributed by atoms with Crippen LogP contribution in [0.4, 0.5) is 5.13 Å². The van der Waals surface area contributed by atoms with Gasteiger partial charge in [-0.3, -0.25) is 9.69 Å². The minimum absolute atomic E-state index is 0.0356. The molecule has 5 aromatic rings. The summed E-state index contributed by atoms with van der Waals surface area (Å²) in [6.07, 6.45) is 0. The Kier molecular flexibility index (Phi) is 7.31. The maximum absolute atomic E-state index is 14.1. The monoisotopic (exact) mass is 531 g/mol. The van der Waals surface area contributed by atoms with Crippen molar-refractivity contribution in [2.24, 2.45) is 0 Å². The predicted octanol–water partition coefficient (Wildman–Crippen LogP) is 5.56. The fraction of sp³-hybridized carbons (Fsp3) is 0.276. The summed E-state index contributed by atoms with van der Waals surface area (Å²) in [5, 5.41) is 3.07. The van der Waals surface area contributed by atoms with E-state index in [4.69, 9.17) is 18.9 Å². The molecule has 196 valence electrons. The van der Waals surface area contributed by atoms with E-state index in [1.807, 2.05) is 36.4 Å². The van der Waals surface area contributed by atoms with Crippen molar-refractivity contribution in [2.75, 3.05) is 45.3 Å². The minimum atomic E-state index is -0.679. The van der Waals surface area contributed by atoms with Gasteiger partial charge in [0.25, 0.3) is 5.91 Å². The zero-order chi connectivity index (χ0) is 26.8. The summed E-state index contributed by atoms with van der Waals surface area (Å²) in [5.74, 6) is 0.756. The Balaban J connectivity index is 1.65. The van der Waals surface area contributed by atoms with E-state index in [-0.39, 0.29) is 5.56 Å². The molecule has 0 aliphatic rings. The van der Waals surface area contributed by atoms with Crippen LogP contribution in [-0.2, 0) is 0 Å². The smallest absolute Gasteiger partial charge is 0.349 e. The van der Waals surface area contributed by atoms with E-state index >= 15 is 0 Å². The molecule has 0 N–H and O–H groups in total. The summed E-state index contributed by atoms with van der Waals surface area (Å²) in [6.45, 7) is 6.79. The number of methoxy groups -OCH3 is 2. The van der Waals surface area contributed by atoms with E-state index in [1.54, 1.807) is 37.3 Å². The Hall–Kier alpha value is -3.95. The van der Waals surface area contributed by atoms with E-state index in [9.17, 15) is 9.59 Å². The molecule has 9 heteroatoms. The van der Waals surface area contributed by atoms with Gasteiger partial charge in [0.1, 0.15) is 32.9 Å². The van der Waals surface area contributed by atoms with E-state index in [2.05, 4.69) is 18.7 Å².